The molecule has 0 aliphatic carbocycles. The molecule has 1 amide bonds. The molecule has 0 fully saturated rings. The van der Waals surface area contributed by atoms with Crippen LogP contribution in [-0.4, -0.2) is 32.7 Å². The molecule has 1 rings (SSSR count). The molecule has 0 saturated heterocycles. The summed E-state index contributed by atoms with van der Waals surface area (Å²) in [5.41, 5.74) is 5.21. The van der Waals surface area contributed by atoms with Crippen molar-refractivity contribution in [1.82, 2.24) is 5.32 Å². The van der Waals surface area contributed by atoms with Gasteiger partial charge in [-0.1, -0.05) is 6.07 Å². The lowest BCUT2D eigenvalue weighted by Crippen LogP contribution is -2.29. The largest absolute Gasteiger partial charge is 0.493 e. The van der Waals surface area contributed by atoms with E-state index in [0.717, 1.165) is 0 Å². The minimum atomic E-state index is -3.04. The molecular formula is C11H15ClF2N2O3. The van der Waals surface area contributed by atoms with Gasteiger partial charge in [-0.2, -0.15) is 8.78 Å². The number of hydrogen-bond acceptors (Lipinski definition) is 4. The van der Waals surface area contributed by atoms with Crippen LogP contribution in [0.25, 0.3) is 0 Å². The second-order valence-electron chi connectivity index (χ2n) is 3.26. The molecule has 0 unspecified atom stereocenters. The molecule has 0 atom stereocenters. The van der Waals surface area contributed by atoms with Crippen molar-refractivity contribution in [2.24, 2.45) is 5.73 Å². The lowest BCUT2D eigenvalue weighted by atomic mass is 10.1. The minimum Gasteiger partial charge on any atom is -0.493 e. The van der Waals surface area contributed by atoms with E-state index in [1.54, 1.807) is 0 Å². The number of methoxy groups -OCH3 is 1. The third kappa shape index (κ3) is 4.88. The van der Waals surface area contributed by atoms with Gasteiger partial charge in [0.25, 0.3) is 5.91 Å². The standard InChI is InChI=1S/C11H14F2N2O3.ClH/c1-17-8-4-2-3-7(9(8)18-11(12)13)10(16)15-6-5-14;/h2-4,11H,5-6,14H2,1H3,(H,15,16);1H. The second-order valence-corrected chi connectivity index (χ2v) is 3.26. The number of ether oxygens (including phenoxy) is 2. The van der Waals surface area contributed by atoms with Crippen LogP contribution in [0.5, 0.6) is 11.5 Å². The first-order valence-corrected chi connectivity index (χ1v) is 5.20. The predicted molar refractivity (Wildman–Crippen MR) is 68.3 cm³/mol. The number of nitrogens with two attached hydrogens (primary N) is 1. The number of halogens is 3. The number of carbonyl (C=O) groups is 1. The van der Waals surface area contributed by atoms with Crippen LogP contribution in [-0.2, 0) is 0 Å². The van der Waals surface area contributed by atoms with Gasteiger partial charge in [0.05, 0.1) is 12.7 Å². The lowest BCUT2D eigenvalue weighted by Gasteiger charge is -2.13. The van der Waals surface area contributed by atoms with E-state index < -0.39 is 12.5 Å². The van der Waals surface area contributed by atoms with Crippen molar-refractivity contribution in [1.29, 1.82) is 0 Å². The van der Waals surface area contributed by atoms with E-state index in [-0.39, 0.29) is 42.6 Å². The maximum Gasteiger partial charge on any atom is 0.387 e. The molecule has 0 aliphatic rings. The van der Waals surface area contributed by atoms with E-state index in [9.17, 15) is 13.6 Å². The molecular weight excluding hydrogens is 282 g/mol. The van der Waals surface area contributed by atoms with Crippen molar-refractivity contribution in [3.8, 4) is 11.5 Å². The van der Waals surface area contributed by atoms with Gasteiger partial charge in [-0.3, -0.25) is 4.79 Å². The Kier molecular flexibility index (Phi) is 7.78. The first-order chi connectivity index (χ1) is 8.60. The van der Waals surface area contributed by atoms with Crippen LogP contribution in [0.15, 0.2) is 18.2 Å². The van der Waals surface area contributed by atoms with Gasteiger partial charge < -0.3 is 20.5 Å². The number of hydrogen-bond donors (Lipinski definition) is 2. The highest BCUT2D eigenvalue weighted by Crippen LogP contribution is 2.32. The summed E-state index contributed by atoms with van der Waals surface area (Å²) in [5, 5.41) is 2.47. The van der Waals surface area contributed by atoms with Gasteiger partial charge in [0.1, 0.15) is 0 Å². The molecule has 8 heteroatoms. The van der Waals surface area contributed by atoms with Crippen LogP contribution in [0.2, 0.25) is 0 Å². The molecule has 0 saturated carbocycles. The van der Waals surface area contributed by atoms with Crippen molar-refractivity contribution >= 4 is 18.3 Å². The van der Waals surface area contributed by atoms with Gasteiger partial charge in [0.2, 0.25) is 0 Å². The molecule has 19 heavy (non-hydrogen) atoms. The maximum atomic E-state index is 12.3. The van der Waals surface area contributed by atoms with Crippen LogP contribution >= 0.6 is 12.4 Å². The minimum absolute atomic E-state index is 0. The molecule has 0 spiro atoms. The first kappa shape index (κ1) is 17.4. The Bertz CT molecular complexity index is 419. The number of para-hydroxylation sites is 1. The summed E-state index contributed by atoms with van der Waals surface area (Å²) in [6.45, 7) is -2.55. The van der Waals surface area contributed by atoms with Gasteiger partial charge in [-0.25, -0.2) is 0 Å². The highest BCUT2D eigenvalue weighted by atomic mass is 35.5. The van der Waals surface area contributed by atoms with Crippen molar-refractivity contribution < 1.29 is 23.0 Å². The average Bonchev–Trinajstić information content (AvgIpc) is 2.35. The summed E-state index contributed by atoms with van der Waals surface area (Å²) < 4.78 is 33.8. The van der Waals surface area contributed by atoms with Crippen LogP contribution in [0.1, 0.15) is 10.4 Å². The topological polar surface area (TPSA) is 73.6 Å². The van der Waals surface area contributed by atoms with Gasteiger partial charge in [0, 0.05) is 13.1 Å². The highest BCUT2D eigenvalue weighted by molar-refractivity contribution is 5.97. The maximum absolute atomic E-state index is 12.3. The Hall–Kier alpha value is -1.60. The van der Waals surface area contributed by atoms with E-state index >= 15 is 0 Å². The molecule has 5 nitrogen and oxygen atoms in total. The Morgan fingerprint density at radius 3 is 2.68 bits per heavy atom. The summed E-state index contributed by atoms with van der Waals surface area (Å²) in [5.74, 6) is -0.768. The van der Waals surface area contributed by atoms with Crippen LogP contribution < -0.4 is 20.5 Å². The summed E-state index contributed by atoms with van der Waals surface area (Å²) in [7, 11) is 1.30. The SMILES string of the molecule is COc1cccc(C(=O)NCCN)c1OC(F)F.Cl. The number of carbonyl (C=O) groups excluding carboxylic acids is 1. The molecule has 0 radical (unpaired) electrons. The zero-order chi connectivity index (χ0) is 13.5. The second kappa shape index (κ2) is 8.49. The molecule has 0 aliphatic heterocycles. The summed E-state index contributed by atoms with van der Waals surface area (Å²) >= 11 is 0. The normalized spacial score (nSPS) is 9.74. The van der Waals surface area contributed by atoms with Crippen LogP contribution in [0.3, 0.4) is 0 Å². The smallest absolute Gasteiger partial charge is 0.387 e. The summed E-state index contributed by atoms with van der Waals surface area (Å²) in [6.07, 6.45) is 0. The predicted octanol–water partition coefficient (Wildman–Crippen LogP) is 1.41. The third-order valence-corrected chi connectivity index (χ3v) is 2.08. The van der Waals surface area contributed by atoms with Gasteiger partial charge >= 0.3 is 6.61 Å². The molecule has 0 bridgehead atoms. The fraction of sp³-hybridized carbons (Fsp3) is 0.364. The summed E-state index contributed by atoms with van der Waals surface area (Å²) in [6, 6.07) is 4.30. The number of alkyl halides is 2. The third-order valence-electron chi connectivity index (χ3n) is 2.08. The Morgan fingerprint density at radius 2 is 2.16 bits per heavy atom. The molecule has 1 aromatic rings. The number of nitrogens with one attached hydrogen (secondary N) is 1. The Balaban J connectivity index is 0.00000324. The van der Waals surface area contributed by atoms with Crippen molar-refractivity contribution in [3.05, 3.63) is 23.8 Å². The van der Waals surface area contributed by atoms with Gasteiger partial charge in [0.15, 0.2) is 11.5 Å². The zero-order valence-electron chi connectivity index (χ0n) is 10.2. The molecule has 108 valence electrons. The molecule has 3 N–H and O–H groups in total. The van der Waals surface area contributed by atoms with Crippen molar-refractivity contribution in [3.63, 3.8) is 0 Å². The first-order valence-electron chi connectivity index (χ1n) is 5.20. The number of amides is 1. The van der Waals surface area contributed by atoms with E-state index in [1.807, 2.05) is 0 Å². The van der Waals surface area contributed by atoms with Crippen LogP contribution in [0.4, 0.5) is 8.78 Å². The number of benzene rings is 1. The summed E-state index contributed by atoms with van der Waals surface area (Å²) in [4.78, 5) is 11.7. The van der Waals surface area contributed by atoms with Crippen molar-refractivity contribution in [2.45, 2.75) is 6.61 Å². The fourth-order valence-electron chi connectivity index (χ4n) is 1.35. The zero-order valence-corrected chi connectivity index (χ0v) is 11.0. The van der Waals surface area contributed by atoms with Crippen molar-refractivity contribution in [2.75, 3.05) is 20.2 Å². The molecule has 1 aromatic carbocycles. The Labute approximate surface area is 115 Å². The average molecular weight is 297 g/mol. The van der Waals surface area contributed by atoms with E-state index in [2.05, 4.69) is 10.1 Å². The fourth-order valence-corrected chi connectivity index (χ4v) is 1.35. The van der Waals surface area contributed by atoms with E-state index in [1.165, 1.54) is 25.3 Å². The van der Waals surface area contributed by atoms with E-state index in [0.29, 0.717) is 0 Å². The van der Waals surface area contributed by atoms with Gasteiger partial charge in [-0.05, 0) is 12.1 Å². The number of rotatable bonds is 6. The quantitative estimate of drug-likeness (QED) is 0.832. The molecule has 0 heterocycles. The van der Waals surface area contributed by atoms with Gasteiger partial charge in [-0.15, -0.1) is 12.4 Å². The lowest BCUT2D eigenvalue weighted by molar-refractivity contribution is -0.0515. The van der Waals surface area contributed by atoms with E-state index in [4.69, 9.17) is 10.5 Å². The molecule has 0 aromatic heterocycles. The van der Waals surface area contributed by atoms with Crippen LogP contribution in [0, 0.1) is 0 Å². The monoisotopic (exact) mass is 296 g/mol. The Morgan fingerprint density at radius 1 is 1.47 bits per heavy atom. The highest BCUT2D eigenvalue weighted by Gasteiger charge is 2.19.